The van der Waals surface area contributed by atoms with Crippen LogP contribution in [0.2, 0.25) is 0 Å². The van der Waals surface area contributed by atoms with Crippen molar-refractivity contribution >= 4 is 30.7 Å². The number of carbonyl (C=O) groups excluding carboxylic acids is 1. The first kappa shape index (κ1) is 23.2. The molecule has 6 heteroatoms. The molecule has 0 spiro atoms. The Bertz CT molecular complexity index is 499. The first-order valence-electron chi connectivity index (χ1n) is 8.49. The second-order valence-electron chi connectivity index (χ2n) is 6.19. The molecular formula is C18H31Cl2N3O. The number of nitrogens with one attached hydrogen (secondary N) is 1. The normalized spacial score (nSPS) is 16.1. The van der Waals surface area contributed by atoms with E-state index in [0.29, 0.717) is 12.6 Å². The highest BCUT2D eigenvalue weighted by molar-refractivity contribution is 5.85. The monoisotopic (exact) mass is 375 g/mol. The molecule has 0 radical (unpaired) electrons. The van der Waals surface area contributed by atoms with Gasteiger partial charge in [-0.3, -0.25) is 9.69 Å². The lowest BCUT2D eigenvalue weighted by Crippen LogP contribution is -2.49. The summed E-state index contributed by atoms with van der Waals surface area (Å²) < 4.78 is 0. The van der Waals surface area contributed by atoms with Crippen LogP contribution in [0.1, 0.15) is 44.2 Å². The number of fused-ring (bicyclic) bond motifs is 1. The molecule has 3 N–H and O–H groups in total. The van der Waals surface area contributed by atoms with Gasteiger partial charge in [-0.25, -0.2) is 0 Å². The minimum Gasteiger partial charge on any atom is -0.353 e. The van der Waals surface area contributed by atoms with Crippen molar-refractivity contribution in [2.75, 3.05) is 13.1 Å². The van der Waals surface area contributed by atoms with E-state index in [1.807, 2.05) is 6.92 Å². The van der Waals surface area contributed by atoms with Gasteiger partial charge < -0.3 is 11.1 Å². The van der Waals surface area contributed by atoms with Gasteiger partial charge in [0.15, 0.2) is 0 Å². The van der Waals surface area contributed by atoms with Gasteiger partial charge >= 0.3 is 0 Å². The minimum absolute atomic E-state index is 0. The summed E-state index contributed by atoms with van der Waals surface area (Å²) in [7, 11) is 0. The zero-order valence-electron chi connectivity index (χ0n) is 14.7. The van der Waals surface area contributed by atoms with Crippen molar-refractivity contribution in [1.82, 2.24) is 10.2 Å². The summed E-state index contributed by atoms with van der Waals surface area (Å²) >= 11 is 0. The Morgan fingerprint density at radius 1 is 1.25 bits per heavy atom. The Balaban J connectivity index is 0.00000264. The number of hydrogen-bond acceptors (Lipinski definition) is 3. The Kier molecular flexibility index (Phi) is 11.3. The van der Waals surface area contributed by atoms with E-state index in [4.69, 9.17) is 5.73 Å². The molecule has 1 heterocycles. The molecule has 138 valence electrons. The Hall–Kier alpha value is -0.810. The Morgan fingerprint density at radius 2 is 1.92 bits per heavy atom. The predicted octanol–water partition coefficient (Wildman–Crippen LogP) is 2.91. The molecule has 0 fully saturated rings. The van der Waals surface area contributed by atoms with Crippen LogP contribution in [-0.2, 0) is 17.8 Å². The highest BCUT2D eigenvalue weighted by Gasteiger charge is 2.23. The highest BCUT2D eigenvalue weighted by Crippen LogP contribution is 2.21. The van der Waals surface area contributed by atoms with Gasteiger partial charge in [-0.2, -0.15) is 0 Å². The van der Waals surface area contributed by atoms with E-state index in [2.05, 4.69) is 41.4 Å². The number of carbonyl (C=O) groups is 1. The molecule has 1 aliphatic heterocycles. The molecule has 4 nitrogen and oxygen atoms in total. The van der Waals surface area contributed by atoms with Gasteiger partial charge in [-0.1, -0.05) is 44.5 Å². The molecule has 0 aliphatic carbocycles. The van der Waals surface area contributed by atoms with Crippen LogP contribution in [0.15, 0.2) is 24.3 Å². The van der Waals surface area contributed by atoms with E-state index in [1.165, 1.54) is 11.1 Å². The molecule has 2 rings (SSSR count). The number of nitrogens with two attached hydrogens (primary N) is 1. The van der Waals surface area contributed by atoms with Crippen LogP contribution in [-0.4, -0.2) is 36.0 Å². The van der Waals surface area contributed by atoms with Crippen molar-refractivity contribution in [3.8, 4) is 0 Å². The maximum Gasteiger partial charge on any atom is 0.236 e. The van der Waals surface area contributed by atoms with Gasteiger partial charge in [0, 0.05) is 25.7 Å². The fraction of sp³-hybridized carbons (Fsp3) is 0.611. The predicted molar refractivity (Wildman–Crippen MR) is 105 cm³/mol. The number of rotatable bonds is 7. The summed E-state index contributed by atoms with van der Waals surface area (Å²) in [5, 5.41) is 3.03. The number of amides is 1. The number of halogens is 2. The molecule has 24 heavy (non-hydrogen) atoms. The van der Waals surface area contributed by atoms with Crippen LogP contribution in [0.25, 0.3) is 0 Å². The fourth-order valence-corrected chi connectivity index (χ4v) is 3.15. The van der Waals surface area contributed by atoms with Gasteiger partial charge in [-0.15, -0.1) is 24.8 Å². The van der Waals surface area contributed by atoms with Crippen molar-refractivity contribution in [3.63, 3.8) is 0 Å². The maximum absolute atomic E-state index is 12.0. The van der Waals surface area contributed by atoms with Gasteiger partial charge in [0.25, 0.3) is 0 Å². The zero-order chi connectivity index (χ0) is 15.9. The average Bonchev–Trinajstić information content (AvgIpc) is 2.55. The van der Waals surface area contributed by atoms with Crippen molar-refractivity contribution in [1.29, 1.82) is 0 Å². The van der Waals surface area contributed by atoms with Crippen molar-refractivity contribution in [2.24, 2.45) is 5.73 Å². The van der Waals surface area contributed by atoms with Gasteiger partial charge in [0.05, 0.1) is 6.04 Å². The Morgan fingerprint density at radius 3 is 2.54 bits per heavy atom. The third kappa shape index (κ3) is 6.25. The molecule has 1 aromatic carbocycles. The largest absolute Gasteiger partial charge is 0.353 e. The summed E-state index contributed by atoms with van der Waals surface area (Å²) in [6, 6.07) is 8.66. The second kappa shape index (κ2) is 11.7. The molecule has 0 saturated carbocycles. The van der Waals surface area contributed by atoms with E-state index < -0.39 is 0 Å². The third-order valence-corrected chi connectivity index (χ3v) is 4.60. The standard InChI is InChI=1S/C18H29N3O.2ClH/c1-3-7-17(19)18(22)20-12-16(4-2)21-11-10-14-8-5-6-9-15(14)13-21;;/h5-6,8-9,16-17H,3-4,7,10-13,19H2,1-2H3,(H,20,22);2*1H. The minimum atomic E-state index is -0.371. The van der Waals surface area contributed by atoms with Crippen molar-refractivity contribution < 1.29 is 4.79 Å². The number of benzene rings is 1. The topological polar surface area (TPSA) is 58.4 Å². The third-order valence-electron chi connectivity index (χ3n) is 4.60. The number of hydrogen-bond donors (Lipinski definition) is 2. The van der Waals surface area contributed by atoms with Gasteiger partial charge in [-0.05, 0) is 30.4 Å². The van der Waals surface area contributed by atoms with Crippen LogP contribution in [0.3, 0.4) is 0 Å². The lowest BCUT2D eigenvalue weighted by atomic mass is 9.98. The second-order valence-corrected chi connectivity index (χ2v) is 6.19. The lowest BCUT2D eigenvalue weighted by Gasteiger charge is -2.35. The molecule has 1 amide bonds. The van der Waals surface area contributed by atoms with Gasteiger partial charge in [0.1, 0.15) is 0 Å². The molecule has 1 aromatic rings. The smallest absolute Gasteiger partial charge is 0.236 e. The molecule has 2 unspecified atom stereocenters. The first-order chi connectivity index (χ1) is 10.7. The molecular weight excluding hydrogens is 345 g/mol. The van der Waals surface area contributed by atoms with E-state index in [9.17, 15) is 4.79 Å². The van der Waals surface area contributed by atoms with E-state index >= 15 is 0 Å². The summed E-state index contributed by atoms with van der Waals surface area (Å²) in [6.45, 7) is 6.96. The quantitative estimate of drug-likeness (QED) is 0.769. The molecule has 2 atom stereocenters. The zero-order valence-corrected chi connectivity index (χ0v) is 16.3. The summed E-state index contributed by atoms with van der Waals surface area (Å²) in [4.78, 5) is 14.5. The fourth-order valence-electron chi connectivity index (χ4n) is 3.15. The summed E-state index contributed by atoms with van der Waals surface area (Å²) in [6.07, 6.45) is 3.82. The van der Waals surface area contributed by atoms with E-state index in [1.54, 1.807) is 0 Å². The number of nitrogens with zero attached hydrogens (tertiary/aromatic N) is 1. The van der Waals surface area contributed by atoms with E-state index in [-0.39, 0.29) is 36.8 Å². The molecule has 0 saturated heterocycles. The van der Waals surface area contributed by atoms with Crippen molar-refractivity contribution in [3.05, 3.63) is 35.4 Å². The van der Waals surface area contributed by atoms with Crippen LogP contribution < -0.4 is 11.1 Å². The first-order valence-corrected chi connectivity index (χ1v) is 8.49. The van der Waals surface area contributed by atoms with Gasteiger partial charge in [0.2, 0.25) is 5.91 Å². The van der Waals surface area contributed by atoms with Crippen LogP contribution in [0.5, 0.6) is 0 Å². The lowest BCUT2D eigenvalue weighted by molar-refractivity contribution is -0.122. The van der Waals surface area contributed by atoms with Crippen LogP contribution in [0.4, 0.5) is 0 Å². The van der Waals surface area contributed by atoms with E-state index in [0.717, 1.165) is 38.8 Å². The van der Waals surface area contributed by atoms with Crippen molar-refractivity contribution in [2.45, 2.75) is 58.2 Å². The molecule has 1 aliphatic rings. The SMILES string of the molecule is CCCC(N)C(=O)NCC(CC)N1CCc2ccccc2C1.Cl.Cl. The summed E-state index contributed by atoms with van der Waals surface area (Å²) in [5.41, 5.74) is 8.75. The van der Waals surface area contributed by atoms with Crippen LogP contribution in [0, 0.1) is 0 Å². The molecule has 0 bridgehead atoms. The molecule has 0 aromatic heterocycles. The Labute approximate surface area is 158 Å². The summed E-state index contributed by atoms with van der Waals surface area (Å²) in [5.74, 6) is -0.0160. The van der Waals surface area contributed by atoms with Crippen LogP contribution >= 0.6 is 24.8 Å². The average molecular weight is 376 g/mol. The maximum atomic E-state index is 12.0. The highest BCUT2D eigenvalue weighted by atomic mass is 35.5.